The summed E-state index contributed by atoms with van der Waals surface area (Å²) in [4.78, 5) is 24.7. The Bertz CT molecular complexity index is 384. The van der Waals surface area contributed by atoms with Crippen LogP contribution in [-0.2, 0) is 16.1 Å². The van der Waals surface area contributed by atoms with Crippen LogP contribution in [0, 0.1) is 6.92 Å². The molecule has 15 heavy (non-hydrogen) atoms. The summed E-state index contributed by atoms with van der Waals surface area (Å²) in [5.41, 5.74) is 5.35. The average molecular weight is 214 g/mol. The van der Waals surface area contributed by atoms with E-state index in [1.807, 2.05) is 0 Å². The molecule has 1 aromatic rings. The van der Waals surface area contributed by atoms with Gasteiger partial charge in [-0.05, 0) is 6.92 Å². The van der Waals surface area contributed by atoms with E-state index < -0.39 is 18.5 Å². The van der Waals surface area contributed by atoms with Gasteiger partial charge in [0.15, 0.2) is 0 Å². The van der Waals surface area contributed by atoms with E-state index in [0.29, 0.717) is 5.69 Å². The number of oxazole rings is 1. The van der Waals surface area contributed by atoms with Gasteiger partial charge in [0, 0.05) is 0 Å². The molecule has 1 aromatic heterocycles. The van der Waals surface area contributed by atoms with Crippen molar-refractivity contribution in [3.8, 4) is 0 Å². The minimum Gasteiger partial charge on any atom is -0.480 e. The minimum atomic E-state index is -1.09. The quantitative estimate of drug-likeness (QED) is 0.694. The lowest BCUT2D eigenvalue weighted by molar-refractivity contribution is -0.142. The smallest absolute Gasteiger partial charge is 0.329 e. The summed E-state index contributed by atoms with van der Waals surface area (Å²) in [7, 11) is 0. The van der Waals surface area contributed by atoms with E-state index in [2.05, 4.69) is 4.98 Å². The molecule has 7 nitrogen and oxygen atoms in total. The largest absolute Gasteiger partial charge is 0.480 e. The van der Waals surface area contributed by atoms with E-state index in [-0.39, 0.29) is 18.3 Å². The van der Waals surface area contributed by atoms with Gasteiger partial charge < -0.3 is 20.0 Å². The van der Waals surface area contributed by atoms with Crippen molar-refractivity contribution in [3.05, 3.63) is 17.3 Å². The number of hydrogen-bond acceptors (Lipinski definition) is 5. The van der Waals surface area contributed by atoms with E-state index in [1.54, 1.807) is 6.92 Å². The van der Waals surface area contributed by atoms with Crippen LogP contribution in [0.5, 0.6) is 0 Å². The third-order valence-corrected chi connectivity index (χ3v) is 1.52. The molecule has 7 heteroatoms. The summed E-state index contributed by atoms with van der Waals surface area (Å²) in [5.74, 6) is -1.72. The zero-order chi connectivity index (χ0) is 11.4. The highest BCUT2D eigenvalue weighted by atomic mass is 16.5. The zero-order valence-corrected chi connectivity index (χ0v) is 8.02. The van der Waals surface area contributed by atoms with Gasteiger partial charge in [-0.2, -0.15) is 0 Å². The third kappa shape index (κ3) is 3.06. The summed E-state index contributed by atoms with van der Waals surface area (Å²) in [5, 5.41) is 8.29. The molecule has 0 aromatic carbocycles. The van der Waals surface area contributed by atoms with Crippen LogP contribution >= 0.6 is 0 Å². The Morgan fingerprint density at radius 1 is 1.60 bits per heavy atom. The van der Waals surface area contributed by atoms with Gasteiger partial charge in [0.1, 0.15) is 13.2 Å². The van der Waals surface area contributed by atoms with Crippen LogP contribution in [0.4, 0.5) is 0 Å². The van der Waals surface area contributed by atoms with Crippen molar-refractivity contribution in [1.82, 2.24) is 4.98 Å². The second kappa shape index (κ2) is 4.56. The van der Waals surface area contributed by atoms with Crippen molar-refractivity contribution in [1.29, 1.82) is 0 Å². The van der Waals surface area contributed by atoms with Gasteiger partial charge in [-0.1, -0.05) is 0 Å². The number of hydrogen-bond donors (Lipinski definition) is 2. The Morgan fingerprint density at radius 3 is 2.73 bits per heavy atom. The van der Waals surface area contributed by atoms with E-state index in [9.17, 15) is 9.59 Å². The van der Waals surface area contributed by atoms with Crippen LogP contribution in [0.1, 0.15) is 22.1 Å². The second-order valence-electron chi connectivity index (χ2n) is 2.77. The number of primary amides is 1. The third-order valence-electron chi connectivity index (χ3n) is 1.52. The van der Waals surface area contributed by atoms with Crippen molar-refractivity contribution in [2.24, 2.45) is 5.73 Å². The number of carboxylic acids is 1. The zero-order valence-electron chi connectivity index (χ0n) is 8.02. The molecule has 0 saturated carbocycles. The van der Waals surface area contributed by atoms with Crippen LogP contribution in [0.25, 0.3) is 0 Å². The number of carboxylic acid groups (broad SMARTS) is 1. The molecule has 82 valence electrons. The fourth-order valence-corrected chi connectivity index (χ4v) is 0.968. The van der Waals surface area contributed by atoms with Crippen LogP contribution in [0.2, 0.25) is 0 Å². The maximum Gasteiger partial charge on any atom is 0.329 e. The SMILES string of the molecule is Cc1nc(COCC(=O)O)oc1C(N)=O. The first kappa shape index (κ1) is 11.2. The fraction of sp³-hybridized carbons (Fsp3) is 0.375. The van der Waals surface area contributed by atoms with Gasteiger partial charge in [-0.3, -0.25) is 4.79 Å². The molecule has 1 rings (SSSR count). The lowest BCUT2D eigenvalue weighted by Crippen LogP contribution is -2.11. The van der Waals surface area contributed by atoms with Crippen LogP contribution in [-0.4, -0.2) is 28.6 Å². The fourth-order valence-electron chi connectivity index (χ4n) is 0.968. The Kier molecular flexibility index (Phi) is 3.40. The van der Waals surface area contributed by atoms with Gasteiger partial charge in [0.2, 0.25) is 11.7 Å². The Labute approximate surface area is 84.8 Å². The lowest BCUT2D eigenvalue weighted by Gasteiger charge is -1.95. The normalized spacial score (nSPS) is 10.2. The summed E-state index contributed by atoms with van der Waals surface area (Å²) in [6, 6.07) is 0. The first-order chi connectivity index (χ1) is 7.00. The van der Waals surface area contributed by atoms with Gasteiger partial charge in [-0.15, -0.1) is 0 Å². The standard InChI is InChI=1S/C8H10N2O5/c1-4-7(8(9)13)15-5(10-4)2-14-3-6(11)12/h2-3H2,1H3,(H2,9,13)(H,11,12). The molecule has 0 aliphatic carbocycles. The van der Waals surface area contributed by atoms with Gasteiger partial charge >= 0.3 is 5.97 Å². The monoisotopic (exact) mass is 214 g/mol. The highest BCUT2D eigenvalue weighted by molar-refractivity contribution is 5.90. The molecule has 1 heterocycles. The topological polar surface area (TPSA) is 116 Å². The lowest BCUT2D eigenvalue weighted by atomic mass is 10.4. The number of aliphatic carboxylic acids is 1. The molecule has 3 N–H and O–H groups in total. The molecule has 0 atom stereocenters. The molecular formula is C8H10N2O5. The number of rotatable bonds is 5. The van der Waals surface area contributed by atoms with Crippen molar-refractivity contribution in [2.45, 2.75) is 13.5 Å². The number of aromatic nitrogens is 1. The number of aryl methyl sites for hydroxylation is 1. The molecule has 0 bridgehead atoms. The predicted molar refractivity (Wildman–Crippen MR) is 47.0 cm³/mol. The first-order valence-electron chi connectivity index (χ1n) is 4.06. The Balaban J connectivity index is 2.59. The average Bonchev–Trinajstić information content (AvgIpc) is 2.46. The Morgan fingerprint density at radius 2 is 2.27 bits per heavy atom. The second-order valence-corrected chi connectivity index (χ2v) is 2.77. The number of nitrogens with two attached hydrogens (primary N) is 1. The van der Waals surface area contributed by atoms with Gasteiger partial charge in [-0.25, -0.2) is 9.78 Å². The van der Waals surface area contributed by atoms with E-state index in [0.717, 1.165) is 0 Å². The summed E-state index contributed by atoms with van der Waals surface area (Å²) >= 11 is 0. The summed E-state index contributed by atoms with van der Waals surface area (Å²) in [6.07, 6.45) is 0. The maximum atomic E-state index is 10.8. The molecule has 0 fully saturated rings. The molecular weight excluding hydrogens is 204 g/mol. The first-order valence-corrected chi connectivity index (χ1v) is 4.06. The van der Waals surface area contributed by atoms with E-state index in [1.165, 1.54) is 0 Å². The van der Waals surface area contributed by atoms with Crippen molar-refractivity contribution < 1.29 is 23.8 Å². The molecule has 0 spiro atoms. The number of ether oxygens (including phenoxy) is 1. The molecule has 0 aliphatic rings. The molecule has 0 saturated heterocycles. The summed E-state index contributed by atoms with van der Waals surface area (Å²) < 4.78 is 9.68. The predicted octanol–water partition coefficient (Wildman–Crippen LogP) is -0.317. The van der Waals surface area contributed by atoms with Gasteiger partial charge in [0.25, 0.3) is 5.91 Å². The van der Waals surface area contributed by atoms with Gasteiger partial charge in [0.05, 0.1) is 5.69 Å². The number of carbonyl (C=O) groups excluding carboxylic acids is 1. The number of nitrogens with zero attached hydrogens (tertiary/aromatic N) is 1. The Hall–Kier alpha value is -1.89. The van der Waals surface area contributed by atoms with Crippen molar-refractivity contribution in [2.75, 3.05) is 6.61 Å². The van der Waals surface area contributed by atoms with Crippen LogP contribution < -0.4 is 5.73 Å². The van der Waals surface area contributed by atoms with E-state index >= 15 is 0 Å². The van der Waals surface area contributed by atoms with Crippen LogP contribution in [0.15, 0.2) is 4.42 Å². The van der Waals surface area contributed by atoms with E-state index in [4.69, 9.17) is 20.0 Å². The minimum absolute atomic E-state index is 0.0380. The number of carbonyl (C=O) groups is 2. The molecule has 0 unspecified atom stereocenters. The van der Waals surface area contributed by atoms with Crippen molar-refractivity contribution >= 4 is 11.9 Å². The van der Waals surface area contributed by atoms with Crippen LogP contribution in [0.3, 0.4) is 0 Å². The summed E-state index contributed by atoms with van der Waals surface area (Å²) in [6.45, 7) is 0.998. The highest BCUT2D eigenvalue weighted by Gasteiger charge is 2.14. The molecule has 0 aliphatic heterocycles. The maximum absolute atomic E-state index is 10.8. The van der Waals surface area contributed by atoms with Crippen molar-refractivity contribution in [3.63, 3.8) is 0 Å². The molecule has 0 radical (unpaired) electrons. The number of amides is 1. The highest BCUT2D eigenvalue weighted by Crippen LogP contribution is 2.09. The molecule has 1 amide bonds.